The summed E-state index contributed by atoms with van der Waals surface area (Å²) >= 11 is 1.71. The molecule has 0 fully saturated rings. The Bertz CT molecular complexity index is 474. The van der Waals surface area contributed by atoms with Crippen molar-refractivity contribution in [2.24, 2.45) is 0 Å². The highest BCUT2D eigenvalue weighted by atomic mass is 32.1. The molecule has 90 valence electrons. The molecule has 0 bridgehead atoms. The minimum Gasteiger partial charge on any atom is -0.301 e. The van der Waals surface area contributed by atoms with Crippen molar-refractivity contribution in [3.05, 3.63) is 52.0 Å². The summed E-state index contributed by atoms with van der Waals surface area (Å²) in [6, 6.07) is 10.5. The highest BCUT2D eigenvalue weighted by Crippen LogP contribution is 2.20. The third-order valence-electron chi connectivity index (χ3n) is 2.84. The lowest BCUT2D eigenvalue weighted by Crippen LogP contribution is -2.35. The largest absolute Gasteiger partial charge is 0.301 e. The molecule has 2 rings (SSSR count). The Labute approximate surface area is 107 Å². The van der Waals surface area contributed by atoms with Gasteiger partial charge >= 0.3 is 0 Å². The van der Waals surface area contributed by atoms with E-state index in [2.05, 4.69) is 53.8 Å². The van der Waals surface area contributed by atoms with Crippen LogP contribution in [0.1, 0.15) is 30.1 Å². The maximum atomic E-state index is 4.46. The molecule has 3 heteroatoms. The first-order valence-electron chi connectivity index (χ1n) is 5.79. The molecule has 17 heavy (non-hydrogen) atoms. The Morgan fingerprint density at radius 2 is 1.94 bits per heavy atom. The zero-order valence-corrected chi connectivity index (χ0v) is 11.3. The molecule has 1 aromatic heterocycles. The number of thiazole rings is 1. The van der Waals surface area contributed by atoms with E-state index in [1.807, 2.05) is 13.0 Å². The SMILES string of the molecule is Cc1csc(CNC(C)(C)c2ccccc2)n1. The number of hydrogen-bond donors (Lipinski definition) is 1. The first kappa shape index (κ1) is 12.3. The van der Waals surface area contributed by atoms with Crippen LogP contribution in [-0.2, 0) is 12.1 Å². The van der Waals surface area contributed by atoms with Crippen LogP contribution >= 0.6 is 11.3 Å². The Kier molecular flexibility index (Phi) is 3.60. The van der Waals surface area contributed by atoms with Gasteiger partial charge in [-0.3, -0.25) is 0 Å². The van der Waals surface area contributed by atoms with Crippen LogP contribution in [0, 0.1) is 6.92 Å². The van der Waals surface area contributed by atoms with Crippen LogP contribution in [0.25, 0.3) is 0 Å². The fraction of sp³-hybridized carbons (Fsp3) is 0.357. The summed E-state index contributed by atoms with van der Waals surface area (Å²) in [4.78, 5) is 4.46. The van der Waals surface area contributed by atoms with Crippen molar-refractivity contribution in [1.29, 1.82) is 0 Å². The predicted octanol–water partition coefficient (Wildman–Crippen LogP) is 3.48. The van der Waals surface area contributed by atoms with Crippen molar-refractivity contribution >= 4 is 11.3 Å². The minimum absolute atomic E-state index is 0.0269. The number of nitrogens with zero attached hydrogens (tertiary/aromatic N) is 1. The number of nitrogens with one attached hydrogen (secondary N) is 1. The van der Waals surface area contributed by atoms with E-state index in [4.69, 9.17) is 0 Å². The molecule has 0 unspecified atom stereocenters. The number of aryl methyl sites for hydroxylation is 1. The summed E-state index contributed by atoms with van der Waals surface area (Å²) < 4.78 is 0. The Balaban J connectivity index is 2.03. The predicted molar refractivity (Wildman–Crippen MR) is 73.2 cm³/mol. The standard InChI is InChI=1S/C14H18N2S/c1-11-10-17-13(16-11)9-15-14(2,3)12-7-5-4-6-8-12/h4-8,10,15H,9H2,1-3H3. The van der Waals surface area contributed by atoms with Crippen LogP contribution in [0.4, 0.5) is 0 Å². The molecule has 0 amide bonds. The van der Waals surface area contributed by atoms with E-state index in [0.29, 0.717) is 0 Å². The van der Waals surface area contributed by atoms with Crippen molar-refractivity contribution in [3.63, 3.8) is 0 Å². The van der Waals surface area contributed by atoms with E-state index in [-0.39, 0.29) is 5.54 Å². The van der Waals surface area contributed by atoms with Crippen molar-refractivity contribution in [3.8, 4) is 0 Å². The molecule has 0 atom stereocenters. The van der Waals surface area contributed by atoms with E-state index >= 15 is 0 Å². The van der Waals surface area contributed by atoms with E-state index < -0.39 is 0 Å². The molecular weight excluding hydrogens is 228 g/mol. The van der Waals surface area contributed by atoms with Crippen LogP contribution in [-0.4, -0.2) is 4.98 Å². The van der Waals surface area contributed by atoms with Gasteiger partial charge in [-0.05, 0) is 26.3 Å². The molecule has 0 saturated carbocycles. The van der Waals surface area contributed by atoms with Crippen molar-refractivity contribution < 1.29 is 0 Å². The lowest BCUT2D eigenvalue weighted by Gasteiger charge is -2.26. The summed E-state index contributed by atoms with van der Waals surface area (Å²) in [5.41, 5.74) is 2.37. The van der Waals surface area contributed by atoms with Gasteiger partial charge in [-0.25, -0.2) is 4.98 Å². The molecule has 0 aliphatic rings. The molecule has 0 radical (unpaired) electrons. The second kappa shape index (κ2) is 4.98. The fourth-order valence-electron chi connectivity index (χ4n) is 1.74. The van der Waals surface area contributed by atoms with Gasteiger partial charge < -0.3 is 5.32 Å². The van der Waals surface area contributed by atoms with Gasteiger partial charge in [0.05, 0.1) is 0 Å². The topological polar surface area (TPSA) is 24.9 Å². The molecule has 2 nitrogen and oxygen atoms in total. The van der Waals surface area contributed by atoms with Crippen LogP contribution in [0.5, 0.6) is 0 Å². The average Bonchev–Trinajstić information content (AvgIpc) is 2.74. The van der Waals surface area contributed by atoms with E-state index in [1.165, 1.54) is 5.56 Å². The average molecular weight is 246 g/mol. The molecule has 0 saturated heterocycles. The Morgan fingerprint density at radius 3 is 2.53 bits per heavy atom. The van der Waals surface area contributed by atoms with Crippen molar-refractivity contribution in [2.45, 2.75) is 32.9 Å². The number of hydrogen-bond acceptors (Lipinski definition) is 3. The van der Waals surface area contributed by atoms with E-state index in [1.54, 1.807) is 11.3 Å². The van der Waals surface area contributed by atoms with Gasteiger partial charge in [0, 0.05) is 23.2 Å². The fourth-order valence-corrected chi connectivity index (χ4v) is 2.45. The van der Waals surface area contributed by atoms with E-state index in [9.17, 15) is 0 Å². The third kappa shape index (κ3) is 3.14. The highest BCUT2D eigenvalue weighted by Gasteiger charge is 2.19. The summed E-state index contributed by atoms with van der Waals surface area (Å²) in [7, 11) is 0. The van der Waals surface area contributed by atoms with Gasteiger partial charge in [-0.2, -0.15) is 0 Å². The number of rotatable bonds is 4. The van der Waals surface area contributed by atoms with Gasteiger partial charge in [-0.15, -0.1) is 11.3 Å². The first-order chi connectivity index (χ1) is 8.08. The second-order valence-corrected chi connectivity index (χ2v) is 5.67. The summed E-state index contributed by atoms with van der Waals surface area (Å²) in [5, 5.41) is 6.79. The van der Waals surface area contributed by atoms with Crippen LogP contribution in [0.2, 0.25) is 0 Å². The Hall–Kier alpha value is -1.19. The van der Waals surface area contributed by atoms with Gasteiger partial charge in [0.15, 0.2) is 0 Å². The van der Waals surface area contributed by atoms with Crippen molar-refractivity contribution in [1.82, 2.24) is 10.3 Å². The van der Waals surface area contributed by atoms with Crippen LogP contribution < -0.4 is 5.32 Å². The smallest absolute Gasteiger partial charge is 0.107 e. The third-order valence-corrected chi connectivity index (χ3v) is 3.81. The van der Waals surface area contributed by atoms with Crippen LogP contribution in [0.3, 0.4) is 0 Å². The monoisotopic (exact) mass is 246 g/mol. The Morgan fingerprint density at radius 1 is 1.24 bits per heavy atom. The normalized spacial score (nSPS) is 11.7. The maximum absolute atomic E-state index is 4.46. The first-order valence-corrected chi connectivity index (χ1v) is 6.67. The maximum Gasteiger partial charge on any atom is 0.107 e. The van der Waals surface area contributed by atoms with Crippen LogP contribution in [0.15, 0.2) is 35.7 Å². The molecule has 0 aliphatic carbocycles. The van der Waals surface area contributed by atoms with Gasteiger partial charge in [0.2, 0.25) is 0 Å². The van der Waals surface area contributed by atoms with Crippen molar-refractivity contribution in [2.75, 3.05) is 0 Å². The van der Waals surface area contributed by atoms with E-state index in [0.717, 1.165) is 17.2 Å². The molecule has 1 aromatic carbocycles. The number of aromatic nitrogens is 1. The zero-order valence-electron chi connectivity index (χ0n) is 10.5. The van der Waals surface area contributed by atoms with Gasteiger partial charge in [0.1, 0.15) is 5.01 Å². The van der Waals surface area contributed by atoms with Gasteiger partial charge in [-0.1, -0.05) is 30.3 Å². The molecule has 2 aromatic rings. The quantitative estimate of drug-likeness (QED) is 0.893. The summed E-state index contributed by atoms with van der Waals surface area (Å²) in [5.74, 6) is 0. The zero-order chi connectivity index (χ0) is 12.3. The van der Waals surface area contributed by atoms with Gasteiger partial charge in [0.25, 0.3) is 0 Å². The summed E-state index contributed by atoms with van der Waals surface area (Å²) in [6.45, 7) is 7.24. The minimum atomic E-state index is -0.0269. The lowest BCUT2D eigenvalue weighted by molar-refractivity contribution is 0.400. The molecular formula is C14H18N2S. The molecule has 1 heterocycles. The second-order valence-electron chi connectivity index (χ2n) is 4.73. The molecule has 0 spiro atoms. The lowest BCUT2D eigenvalue weighted by atomic mass is 9.94. The summed E-state index contributed by atoms with van der Waals surface area (Å²) in [6.07, 6.45) is 0. The highest BCUT2D eigenvalue weighted by molar-refractivity contribution is 7.09. The molecule has 0 aliphatic heterocycles. The molecule has 1 N–H and O–H groups in total. The number of benzene rings is 1.